The third kappa shape index (κ3) is 6.74. The van der Waals surface area contributed by atoms with E-state index in [1.165, 1.54) is 96.6 Å². The number of aromatic nitrogens is 2. The van der Waals surface area contributed by atoms with E-state index < -0.39 is 0 Å². The number of hydrogen-bond donors (Lipinski definition) is 0. The van der Waals surface area contributed by atoms with Crippen molar-refractivity contribution < 1.29 is 9.13 Å². The number of aryl methyl sites for hydroxylation is 3. The molecule has 8 aromatic rings. The van der Waals surface area contributed by atoms with E-state index in [0.29, 0.717) is 6.04 Å². The summed E-state index contributed by atoms with van der Waals surface area (Å²) in [5.74, 6) is 0. The molecule has 3 unspecified atom stereocenters. The molecule has 61 heavy (non-hydrogen) atoms. The molecule has 0 radical (unpaired) electrons. The molecule has 2 nitrogen and oxygen atoms in total. The second-order valence-electron chi connectivity index (χ2n) is 17.8. The van der Waals surface area contributed by atoms with Crippen molar-refractivity contribution in [2.24, 2.45) is 5.41 Å². The molecular weight excluding hydrogens is 737 g/mol. The van der Waals surface area contributed by atoms with Crippen molar-refractivity contribution in [2.75, 3.05) is 0 Å². The fourth-order valence-electron chi connectivity index (χ4n) is 11.0. The Morgan fingerprint density at radius 2 is 1.13 bits per heavy atom. The SMILES string of the molecule is CCCCc1ccc2[n+](c1)C1C(C)(CC)C1(CC[n+]1ccccc1-c1cc(-c3cccc(-c4cc(-c5ccccc5)cc(-c5ccccc5)c4)c3)ccc1C)c1ccccc1-2. The maximum Gasteiger partial charge on any atom is 0.213 e. The second kappa shape index (κ2) is 15.9. The van der Waals surface area contributed by atoms with Gasteiger partial charge in [-0.25, -0.2) is 0 Å². The number of rotatable bonds is 12. The number of pyridine rings is 2. The van der Waals surface area contributed by atoms with Crippen LogP contribution >= 0.6 is 0 Å². The quantitative estimate of drug-likeness (QED) is 0.109. The van der Waals surface area contributed by atoms with E-state index >= 15 is 0 Å². The summed E-state index contributed by atoms with van der Waals surface area (Å²) in [6, 6.07) is 65.9. The van der Waals surface area contributed by atoms with Gasteiger partial charge in [0.2, 0.25) is 11.4 Å². The summed E-state index contributed by atoms with van der Waals surface area (Å²) in [5.41, 5.74) is 19.6. The molecule has 1 saturated carbocycles. The molecule has 1 aliphatic heterocycles. The lowest BCUT2D eigenvalue weighted by molar-refractivity contribution is -0.705. The first kappa shape index (κ1) is 38.8. The van der Waals surface area contributed by atoms with Gasteiger partial charge in [-0.05, 0) is 130 Å². The lowest BCUT2D eigenvalue weighted by Crippen LogP contribution is -2.44. The number of benzene rings is 6. The molecule has 0 spiro atoms. The monoisotopic (exact) mass is 792 g/mol. The minimum Gasteiger partial charge on any atom is -0.198 e. The molecular formula is C59H56N2+2. The molecule has 2 aromatic heterocycles. The van der Waals surface area contributed by atoms with E-state index in [1.807, 2.05) is 0 Å². The Kier molecular flexibility index (Phi) is 10.1. The van der Waals surface area contributed by atoms with Crippen molar-refractivity contribution in [2.45, 2.75) is 77.8 Å². The van der Waals surface area contributed by atoms with Gasteiger partial charge in [-0.1, -0.05) is 136 Å². The summed E-state index contributed by atoms with van der Waals surface area (Å²) >= 11 is 0. The van der Waals surface area contributed by atoms with Gasteiger partial charge in [0.15, 0.2) is 18.4 Å². The minimum absolute atomic E-state index is 0.0645. The van der Waals surface area contributed by atoms with E-state index in [9.17, 15) is 0 Å². The van der Waals surface area contributed by atoms with Crippen LogP contribution < -0.4 is 9.13 Å². The van der Waals surface area contributed by atoms with E-state index in [0.717, 1.165) is 25.8 Å². The zero-order valence-corrected chi connectivity index (χ0v) is 36.1. The molecule has 3 heterocycles. The van der Waals surface area contributed by atoms with Crippen molar-refractivity contribution in [1.82, 2.24) is 0 Å². The van der Waals surface area contributed by atoms with Crippen LogP contribution in [-0.2, 0) is 18.4 Å². The predicted molar refractivity (Wildman–Crippen MR) is 253 cm³/mol. The Balaban J connectivity index is 0.995. The van der Waals surface area contributed by atoms with Gasteiger partial charge >= 0.3 is 0 Å². The summed E-state index contributed by atoms with van der Waals surface area (Å²) in [7, 11) is 0. The molecule has 2 heteroatoms. The topological polar surface area (TPSA) is 7.76 Å². The maximum atomic E-state index is 2.69. The molecule has 0 amide bonds. The first-order valence-electron chi connectivity index (χ1n) is 22.5. The van der Waals surface area contributed by atoms with Crippen molar-refractivity contribution in [3.05, 3.63) is 205 Å². The van der Waals surface area contributed by atoms with Crippen LogP contribution in [0.2, 0.25) is 0 Å². The lowest BCUT2D eigenvalue weighted by Gasteiger charge is -2.24. The Bertz CT molecular complexity index is 2820. The molecule has 6 aromatic carbocycles. The molecule has 0 bridgehead atoms. The van der Waals surface area contributed by atoms with Crippen LogP contribution in [0.1, 0.15) is 69.2 Å². The van der Waals surface area contributed by atoms with Gasteiger partial charge in [0, 0.05) is 41.2 Å². The van der Waals surface area contributed by atoms with Crippen molar-refractivity contribution in [3.8, 4) is 67.0 Å². The lowest BCUT2D eigenvalue weighted by atomic mass is 9.79. The Labute approximate surface area is 362 Å². The second-order valence-corrected chi connectivity index (χ2v) is 17.8. The van der Waals surface area contributed by atoms with Gasteiger partial charge in [-0.15, -0.1) is 0 Å². The molecule has 1 fully saturated rings. The third-order valence-corrected chi connectivity index (χ3v) is 14.4. The van der Waals surface area contributed by atoms with Gasteiger partial charge in [0.05, 0.1) is 11.0 Å². The maximum absolute atomic E-state index is 2.69. The molecule has 300 valence electrons. The minimum atomic E-state index is 0.0645. The largest absolute Gasteiger partial charge is 0.213 e. The van der Waals surface area contributed by atoms with Crippen molar-refractivity contribution in [3.63, 3.8) is 0 Å². The fraction of sp³-hybridized carbons (Fsp3) is 0.220. The number of nitrogens with zero attached hydrogens (tertiary/aromatic N) is 2. The van der Waals surface area contributed by atoms with Crippen LogP contribution in [0.25, 0.3) is 67.0 Å². The van der Waals surface area contributed by atoms with Gasteiger partial charge in [-0.3, -0.25) is 0 Å². The van der Waals surface area contributed by atoms with Gasteiger partial charge in [0.25, 0.3) is 0 Å². The summed E-state index contributed by atoms with van der Waals surface area (Å²) in [6.07, 6.45) is 10.6. The van der Waals surface area contributed by atoms with Crippen molar-refractivity contribution in [1.29, 1.82) is 0 Å². The molecule has 3 atom stereocenters. The summed E-state index contributed by atoms with van der Waals surface area (Å²) < 4.78 is 5.22. The zero-order valence-electron chi connectivity index (χ0n) is 36.1. The van der Waals surface area contributed by atoms with Crippen LogP contribution in [-0.4, -0.2) is 0 Å². The highest BCUT2D eigenvalue weighted by atomic mass is 15.1. The first-order chi connectivity index (χ1) is 29.9. The molecule has 10 rings (SSSR count). The van der Waals surface area contributed by atoms with Gasteiger partial charge in [0.1, 0.15) is 6.54 Å². The Morgan fingerprint density at radius 3 is 1.84 bits per heavy atom. The smallest absolute Gasteiger partial charge is 0.198 e. The number of unbranched alkanes of at least 4 members (excludes halogenated alkanes) is 1. The number of fused-ring (bicyclic) bond motifs is 6. The highest BCUT2D eigenvalue weighted by Gasteiger charge is 2.82. The van der Waals surface area contributed by atoms with Gasteiger partial charge < -0.3 is 0 Å². The Hall–Kier alpha value is -6.38. The van der Waals surface area contributed by atoms with Crippen molar-refractivity contribution >= 4 is 0 Å². The third-order valence-electron chi connectivity index (χ3n) is 14.4. The molecule has 0 N–H and O–H groups in total. The highest BCUT2D eigenvalue weighted by Crippen LogP contribution is 2.76. The van der Waals surface area contributed by atoms with Crippen LogP contribution in [0.4, 0.5) is 0 Å². The van der Waals surface area contributed by atoms with Crippen LogP contribution in [0.3, 0.4) is 0 Å². The fourth-order valence-corrected chi connectivity index (χ4v) is 11.0. The highest BCUT2D eigenvalue weighted by molar-refractivity contribution is 5.83. The summed E-state index contributed by atoms with van der Waals surface area (Å²) in [6.45, 7) is 10.5. The summed E-state index contributed by atoms with van der Waals surface area (Å²) in [4.78, 5) is 0. The number of hydrogen-bond acceptors (Lipinski definition) is 0. The normalized spacial score (nSPS) is 18.5. The zero-order chi connectivity index (χ0) is 41.6. The Morgan fingerprint density at radius 1 is 0.525 bits per heavy atom. The standard InChI is InChI=1S/C59H56N2/c1-5-7-19-43-30-32-56-52-26-14-15-27-54(52)59(57(61(56)41-43)58(59,4)6-2)33-35-60-34-17-16-28-55(60)53-40-48(31-29-42(53)3)46-24-18-25-47(36-46)51-38-49(44-20-10-8-11-21-44)37-50(39-51)45-22-12-9-13-23-45/h8-18,20-32,34,36-41,57H,5-7,19,33,35H2,1-4H3/q+2. The first-order valence-corrected chi connectivity index (χ1v) is 22.5. The molecule has 2 aliphatic rings. The summed E-state index contributed by atoms with van der Waals surface area (Å²) in [5, 5.41) is 0. The predicted octanol–water partition coefficient (Wildman–Crippen LogP) is 14.2. The van der Waals surface area contributed by atoms with Crippen LogP contribution in [0.5, 0.6) is 0 Å². The van der Waals surface area contributed by atoms with Crippen LogP contribution in [0, 0.1) is 12.3 Å². The molecule has 0 saturated heterocycles. The van der Waals surface area contributed by atoms with E-state index in [-0.39, 0.29) is 10.8 Å². The van der Waals surface area contributed by atoms with Gasteiger partial charge in [-0.2, -0.15) is 9.13 Å². The van der Waals surface area contributed by atoms with E-state index in [1.54, 1.807) is 0 Å². The van der Waals surface area contributed by atoms with E-state index in [2.05, 4.69) is 225 Å². The average Bonchev–Trinajstić information content (AvgIpc) is 3.90. The average molecular weight is 793 g/mol. The van der Waals surface area contributed by atoms with Crippen LogP contribution in [0.15, 0.2) is 188 Å². The van der Waals surface area contributed by atoms with E-state index in [4.69, 9.17) is 0 Å². The molecule has 1 aliphatic carbocycles.